The van der Waals surface area contributed by atoms with E-state index in [1.807, 2.05) is 57.1 Å². The molecule has 126 valence electrons. The summed E-state index contributed by atoms with van der Waals surface area (Å²) < 4.78 is 5.72. The Morgan fingerprint density at radius 2 is 2.00 bits per heavy atom. The van der Waals surface area contributed by atoms with Gasteiger partial charge in [0.05, 0.1) is 12.7 Å². The molecule has 0 heterocycles. The third-order valence-corrected chi connectivity index (χ3v) is 3.77. The predicted molar refractivity (Wildman–Crippen MR) is 92.5 cm³/mol. The number of nitrogens with zero attached hydrogens (tertiary/aromatic N) is 3. The molecule has 23 heavy (non-hydrogen) atoms. The molecule has 0 aliphatic heterocycles. The van der Waals surface area contributed by atoms with Crippen LogP contribution in [0.15, 0.2) is 24.3 Å². The van der Waals surface area contributed by atoms with Crippen molar-refractivity contribution >= 4 is 11.6 Å². The number of hydrogen-bond acceptors (Lipinski definition) is 4. The molecule has 0 radical (unpaired) electrons. The average molecular weight is 317 g/mol. The molecule has 0 spiro atoms. The van der Waals surface area contributed by atoms with Crippen molar-refractivity contribution in [1.82, 2.24) is 4.90 Å². The molecule has 0 saturated heterocycles. The second-order valence-corrected chi connectivity index (χ2v) is 5.57. The van der Waals surface area contributed by atoms with Crippen LogP contribution in [0.5, 0.6) is 5.75 Å². The molecule has 0 saturated carbocycles. The Hall–Kier alpha value is -2.22. The number of ether oxygens (including phenoxy) is 1. The van der Waals surface area contributed by atoms with E-state index < -0.39 is 5.92 Å². The molecular weight excluding hydrogens is 290 g/mol. The number of nitriles is 1. The molecule has 0 aliphatic carbocycles. The van der Waals surface area contributed by atoms with Crippen molar-refractivity contribution in [1.29, 1.82) is 5.26 Å². The normalized spacial score (nSPS) is 11.4. The van der Waals surface area contributed by atoms with Crippen molar-refractivity contribution in [3.63, 3.8) is 0 Å². The monoisotopic (exact) mass is 317 g/mol. The van der Waals surface area contributed by atoms with Gasteiger partial charge in [0.1, 0.15) is 11.7 Å². The summed E-state index contributed by atoms with van der Waals surface area (Å²) in [5, 5.41) is 9.21. The van der Waals surface area contributed by atoms with Gasteiger partial charge in [0.15, 0.2) is 0 Å². The summed E-state index contributed by atoms with van der Waals surface area (Å²) in [5.41, 5.74) is 1.08. The van der Waals surface area contributed by atoms with E-state index in [1.165, 1.54) is 0 Å². The van der Waals surface area contributed by atoms with Crippen molar-refractivity contribution in [2.24, 2.45) is 5.92 Å². The fourth-order valence-corrected chi connectivity index (χ4v) is 2.33. The van der Waals surface area contributed by atoms with E-state index in [-0.39, 0.29) is 5.91 Å². The molecule has 1 aromatic rings. The highest BCUT2D eigenvalue weighted by Crippen LogP contribution is 2.20. The first kappa shape index (κ1) is 18.8. The van der Waals surface area contributed by atoms with Crippen LogP contribution in [-0.2, 0) is 4.79 Å². The minimum atomic E-state index is -0.577. The van der Waals surface area contributed by atoms with Crippen molar-refractivity contribution in [3.05, 3.63) is 24.3 Å². The zero-order chi connectivity index (χ0) is 17.2. The van der Waals surface area contributed by atoms with Gasteiger partial charge in [-0.1, -0.05) is 6.07 Å². The molecule has 1 unspecified atom stereocenters. The first-order valence-corrected chi connectivity index (χ1v) is 8.12. The maximum absolute atomic E-state index is 12.2. The molecule has 1 rings (SSSR count). The Morgan fingerprint density at radius 1 is 1.30 bits per heavy atom. The van der Waals surface area contributed by atoms with Crippen LogP contribution in [0.3, 0.4) is 0 Å². The van der Waals surface area contributed by atoms with Gasteiger partial charge in [0, 0.05) is 38.9 Å². The van der Waals surface area contributed by atoms with Gasteiger partial charge in [-0.15, -0.1) is 0 Å². The van der Waals surface area contributed by atoms with E-state index in [0.717, 1.165) is 11.4 Å². The Labute approximate surface area is 139 Å². The van der Waals surface area contributed by atoms with Gasteiger partial charge in [-0.2, -0.15) is 5.26 Å². The molecule has 0 fully saturated rings. The third kappa shape index (κ3) is 5.82. The van der Waals surface area contributed by atoms with Crippen LogP contribution >= 0.6 is 0 Å². The van der Waals surface area contributed by atoms with E-state index in [9.17, 15) is 10.1 Å². The molecule has 0 aliphatic rings. The van der Waals surface area contributed by atoms with Crippen LogP contribution in [0.25, 0.3) is 0 Å². The average Bonchev–Trinajstić information content (AvgIpc) is 2.56. The van der Waals surface area contributed by atoms with Gasteiger partial charge in [-0.05, 0) is 38.8 Å². The summed E-state index contributed by atoms with van der Waals surface area (Å²) >= 11 is 0. The molecule has 0 N–H and O–H groups in total. The highest BCUT2D eigenvalue weighted by Gasteiger charge is 2.21. The summed E-state index contributed by atoms with van der Waals surface area (Å²) in [6, 6.07) is 9.97. The van der Waals surface area contributed by atoms with Gasteiger partial charge in [0.2, 0.25) is 5.91 Å². The third-order valence-electron chi connectivity index (χ3n) is 3.77. The summed E-state index contributed by atoms with van der Waals surface area (Å²) in [7, 11) is 3.96. The first-order chi connectivity index (χ1) is 11.0. The fraction of sp³-hybridized carbons (Fsp3) is 0.556. The number of benzene rings is 1. The summed E-state index contributed by atoms with van der Waals surface area (Å²) in [6.07, 6.45) is 1.20. The fourth-order valence-electron chi connectivity index (χ4n) is 2.33. The van der Waals surface area contributed by atoms with E-state index >= 15 is 0 Å². The summed E-state index contributed by atoms with van der Waals surface area (Å²) in [5.74, 6) is 0.151. The van der Waals surface area contributed by atoms with Crippen LogP contribution in [0.2, 0.25) is 0 Å². The second-order valence-electron chi connectivity index (χ2n) is 5.57. The number of carbonyl (C=O) groups excluding carboxylic acids is 1. The largest absolute Gasteiger partial charge is 0.494 e. The topological polar surface area (TPSA) is 56.6 Å². The maximum atomic E-state index is 12.2. The second kappa shape index (κ2) is 9.73. The van der Waals surface area contributed by atoms with Crippen LogP contribution in [0, 0.1) is 17.2 Å². The van der Waals surface area contributed by atoms with Crippen LogP contribution in [0.4, 0.5) is 5.69 Å². The van der Waals surface area contributed by atoms with Crippen molar-refractivity contribution < 1.29 is 9.53 Å². The molecular formula is C18H27N3O2. The smallest absolute Gasteiger partial charge is 0.239 e. The van der Waals surface area contributed by atoms with Crippen molar-refractivity contribution in [2.75, 3.05) is 38.7 Å². The Morgan fingerprint density at radius 3 is 2.57 bits per heavy atom. The van der Waals surface area contributed by atoms with Crippen molar-refractivity contribution in [3.8, 4) is 11.8 Å². The van der Waals surface area contributed by atoms with Gasteiger partial charge < -0.3 is 14.5 Å². The van der Waals surface area contributed by atoms with Gasteiger partial charge in [0.25, 0.3) is 0 Å². The minimum absolute atomic E-state index is 0.0768. The number of amides is 1. The van der Waals surface area contributed by atoms with E-state index in [2.05, 4.69) is 6.07 Å². The Kier molecular flexibility index (Phi) is 7.96. The van der Waals surface area contributed by atoms with Crippen LogP contribution in [0.1, 0.15) is 26.7 Å². The molecule has 0 aromatic heterocycles. The Balaban J connectivity index is 2.45. The summed E-state index contributed by atoms with van der Waals surface area (Å²) in [4.78, 5) is 15.9. The minimum Gasteiger partial charge on any atom is -0.494 e. The number of rotatable bonds is 9. The Bertz CT molecular complexity index is 533. The van der Waals surface area contributed by atoms with E-state index in [1.54, 1.807) is 4.90 Å². The predicted octanol–water partition coefficient (Wildman–Crippen LogP) is 2.92. The lowest BCUT2D eigenvalue weighted by atomic mass is 10.0. The maximum Gasteiger partial charge on any atom is 0.239 e. The van der Waals surface area contributed by atoms with Crippen LogP contribution < -0.4 is 9.64 Å². The van der Waals surface area contributed by atoms with E-state index in [4.69, 9.17) is 4.74 Å². The quantitative estimate of drug-likeness (QED) is 0.657. The van der Waals surface area contributed by atoms with E-state index in [0.29, 0.717) is 32.5 Å². The van der Waals surface area contributed by atoms with Crippen molar-refractivity contribution in [2.45, 2.75) is 26.7 Å². The molecule has 5 nitrogen and oxygen atoms in total. The van der Waals surface area contributed by atoms with Gasteiger partial charge in [-0.3, -0.25) is 4.79 Å². The van der Waals surface area contributed by atoms with Gasteiger partial charge >= 0.3 is 0 Å². The van der Waals surface area contributed by atoms with Crippen LogP contribution in [-0.4, -0.2) is 44.6 Å². The highest BCUT2D eigenvalue weighted by atomic mass is 16.5. The SMILES string of the molecule is CCN(CC)C(=O)C(C#N)CCCOc1cccc(N(C)C)c1. The van der Waals surface area contributed by atoms with Gasteiger partial charge in [-0.25, -0.2) is 0 Å². The number of hydrogen-bond donors (Lipinski definition) is 0. The lowest BCUT2D eigenvalue weighted by Crippen LogP contribution is -2.35. The molecule has 1 aromatic carbocycles. The number of anilines is 1. The number of carbonyl (C=O) groups is 1. The zero-order valence-electron chi connectivity index (χ0n) is 14.6. The highest BCUT2D eigenvalue weighted by molar-refractivity contribution is 5.81. The zero-order valence-corrected chi connectivity index (χ0v) is 14.6. The lowest BCUT2D eigenvalue weighted by Gasteiger charge is -2.21. The lowest BCUT2D eigenvalue weighted by molar-refractivity contribution is -0.133. The molecule has 5 heteroatoms. The molecule has 0 bridgehead atoms. The molecule has 1 amide bonds. The summed E-state index contributed by atoms with van der Waals surface area (Å²) in [6.45, 7) is 5.64. The first-order valence-electron chi connectivity index (χ1n) is 8.12. The molecule has 1 atom stereocenters. The standard InChI is InChI=1S/C18H27N3O2/c1-5-21(6-2)18(22)15(14-19)9-8-12-23-17-11-7-10-16(13-17)20(3)4/h7,10-11,13,15H,5-6,8-9,12H2,1-4H3.